The molecule has 2 fully saturated rings. The monoisotopic (exact) mass is 490 g/mol. The molecule has 8 heteroatoms. The van der Waals surface area contributed by atoms with Gasteiger partial charge in [-0.25, -0.2) is 0 Å². The van der Waals surface area contributed by atoms with E-state index in [0.717, 1.165) is 38.0 Å². The van der Waals surface area contributed by atoms with Gasteiger partial charge in [0.15, 0.2) is 0 Å². The fraction of sp³-hybridized carbons (Fsp3) is 0.464. The van der Waals surface area contributed by atoms with Crippen LogP contribution in [0.15, 0.2) is 48.5 Å². The second-order valence-corrected chi connectivity index (χ2v) is 10.1. The number of rotatable bonds is 8. The molecule has 0 bridgehead atoms. The summed E-state index contributed by atoms with van der Waals surface area (Å²) in [4.78, 5) is 42.7. The smallest absolute Gasteiger partial charge is 0.255 e. The molecule has 2 aliphatic heterocycles. The molecule has 0 aromatic heterocycles. The maximum atomic E-state index is 13.1. The average Bonchev–Trinajstić information content (AvgIpc) is 3.65. The zero-order chi connectivity index (χ0) is 25.2. The van der Waals surface area contributed by atoms with Crippen molar-refractivity contribution in [2.24, 2.45) is 0 Å². The lowest BCUT2D eigenvalue weighted by Crippen LogP contribution is -2.45. The molecule has 2 aromatic rings. The van der Waals surface area contributed by atoms with Crippen LogP contribution in [0.2, 0.25) is 0 Å². The molecule has 3 unspecified atom stereocenters. The molecule has 0 spiro atoms. The molecule has 1 saturated heterocycles. The topological polar surface area (TPSA) is 91.0 Å². The standard InChI is InChI=1S/C28H34N4O4/c1-18-15-31(16-19(2)36-18)17-21-8-4-3-7-20(21)13-29-25(33)14-30-27(34)26-23-9-5-6-10-24(23)28(35)32(26)22-11-12-22/h3-10,18-19,22,26H,11-17H2,1-2H3,(H,29,33)(H,30,34). The van der Waals surface area contributed by atoms with Crippen molar-refractivity contribution < 1.29 is 19.1 Å². The Balaban J connectivity index is 1.16. The summed E-state index contributed by atoms with van der Waals surface area (Å²) in [6, 6.07) is 14.8. The molecular weight excluding hydrogens is 456 g/mol. The summed E-state index contributed by atoms with van der Waals surface area (Å²) in [6.07, 6.45) is 2.21. The Hall–Kier alpha value is -3.23. The lowest BCUT2D eigenvalue weighted by molar-refractivity contribution is -0.129. The molecule has 3 amide bonds. The molecule has 190 valence electrons. The van der Waals surface area contributed by atoms with Gasteiger partial charge in [-0.1, -0.05) is 42.5 Å². The van der Waals surface area contributed by atoms with Gasteiger partial charge in [-0.15, -0.1) is 0 Å². The van der Waals surface area contributed by atoms with Crippen LogP contribution in [0.25, 0.3) is 0 Å². The summed E-state index contributed by atoms with van der Waals surface area (Å²) in [5.41, 5.74) is 3.52. The van der Waals surface area contributed by atoms with Gasteiger partial charge in [0, 0.05) is 37.8 Å². The number of amides is 3. The van der Waals surface area contributed by atoms with Gasteiger partial charge in [-0.2, -0.15) is 0 Å². The highest BCUT2D eigenvalue weighted by Gasteiger charge is 2.47. The minimum Gasteiger partial charge on any atom is -0.373 e. The summed E-state index contributed by atoms with van der Waals surface area (Å²) < 4.78 is 5.84. The van der Waals surface area contributed by atoms with Crippen LogP contribution in [-0.4, -0.2) is 65.4 Å². The van der Waals surface area contributed by atoms with E-state index in [-0.39, 0.29) is 42.5 Å². The average molecular weight is 491 g/mol. The predicted octanol–water partition coefficient (Wildman–Crippen LogP) is 2.39. The van der Waals surface area contributed by atoms with E-state index in [1.165, 1.54) is 5.56 Å². The van der Waals surface area contributed by atoms with Crippen molar-refractivity contribution in [3.63, 3.8) is 0 Å². The van der Waals surface area contributed by atoms with Gasteiger partial charge < -0.3 is 20.3 Å². The highest BCUT2D eigenvalue weighted by atomic mass is 16.5. The van der Waals surface area contributed by atoms with Gasteiger partial charge in [0.1, 0.15) is 6.04 Å². The fourth-order valence-electron chi connectivity index (χ4n) is 5.39. The van der Waals surface area contributed by atoms with Crippen molar-refractivity contribution in [1.29, 1.82) is 0 Å². The summed E-state index contributed by atoms with van der Waals surface area (Å²) >= 11 is 0. The van der Waals surface area contributed by atoms with Gasteiger partial charge in [0.05, 0.1) is 18.8 Å². The van der Waals surface area contributed by atoms with E-state index >= 15 is 0 Å². The van der Waals surface area contributed by atoms with Crippen LogP contribution < -0.4 is 10.6 Å². The zero-order valence-electron chi connectivity index (χ0n) is 20.9. The zero-order valence-corrected chi connectivity index (χ0v) is 20.9. The first kappa shape index (κ1) is 24.5. The number of carbonyl (C=O) groups excluding carboxylic acids is 3. The third-order valence-corrected chi connectivity index (χ3v) is 7.09. The SMILES string of the molecule is CC1CN(Cc2ccccc2CNC(=O)CNC(=O)C2c3ccccc3C(=O)N2C2CC2)CC(C)O1. The van der Waals surface area contributed by atoms with Crippen molar-refractivity contribution in [2.75, 3.05) is 19.6 Å². The summed E-state index contributed by atoms with van der Waals surface area (Å²) in [7, 11) is 0. The van der Waals surface area contributed by atoms with E-state index < -0.39 is 6.04 Å². The Morgan fingerprint density at radius 1 is 0.944 bits per heavy atom. The molecule has 2 N–H and O–H groups in total. The van der Waals surface area contributed by atoms with E-state index in [2.05, 4.69) is 35.4 Å². The number of nitrogens with one attached hydrogen (secondary N) is 2. The molecule has 2 aromatic carbocycles. The van der Waals surface area contributed by atoms with Crippen molar-refractivity contribution in [3.05, 3.63) is 70.8 Å². The number of hydrogen-bond acceptors (Lipinski definition) is 5. The van der Waals surface area contributed by atoms with Gasteiger partial charge in [0.25, 0.3) is 5.91 Å². The molecule has 3 atom stereocenters. The third kappa shape index (κ3) is 5.29. The Kier molecular flexibility index (Phi) is 7.07. The van der Waals surface area contributed by atoms with Crippen molar-refractivity contribution in [2.45, 2.75) is 64.1 Å². The van der Waals surface area contributed by atoms with Crippen LogP contribution in [0.5, 0.6) is 0 Å². The summed E-state index contributed by atoms with van der Waals surface area (Å²) in [5.74, 6) is -0.674. The Morgan fingerprint density at radius 3 is 2.33 bits per heavy atom. The normalized spacial score (nSPS) is 23.9. The molecule has 2 heterocycles. The molecule has 8 nitrogen and oxygen atoms in total. The Morgan fingerprint density at radius 2 is 1.61 bits per heavy atom. The molecule has 1 saturated carbocycles. The van der Waals surface area contributed by atoms with Crippen LogP contribution in [-0.2, 0) is 27.4 Å². The quantitative estimate of drug-likeness (QED) is 0.593. The van der Waals surface area contributed by atoms with E-state index in [1.807, 2.05) is 36.4 Å². The minimum absolute atomic E-state index is 0.0987. The molecule has 3 aliphatic rings. The van der Waals surface area contributed by atoms with Crippen LogP contribution in [0, 0.1) is 0 Å². The number of carbonyl (C=O) groups is 3. The maximum Gasteiger partial charge on any atom is 0.255 e. The Labute approximate surface area is 212 Å². The first-order valence-electron chi connectivity index (χ1n) is 12.8. The highest BCUT2D eigenvalue weighted by Crippen LogP contribution is 2.41. The second-order valence-electron chi connectivity index (χ2n) is 10.1. The first-order valence-corrected chi connectivity index (χ1v) is 12.8. The van der Waals surface area contributed by atoms with Gasteiger partial charge in [-0.3, -0.25) is 19.3 Å². The van der Waals surface area contributed by atoms with Gasteiger partial charge >= 0.3 is 0 Å². The highest BCUT2D eigenvalue weighted by molar-refractivity contribution is 6.05. The predicted molar refractivity (Wildman–Crippen MR) is 135 cm³/mol. The lowest BCUT2D eigenvalue weighted by atomic mass is 10.0. The van der Waals surface area contributed by atoms with E-state index in [9.17, 15) is 14.4 Å². The van der Waals surface area contributed by atoms with Crippen LogP contribution in [0.4, 0.5) is 0 Å². The van der Waals surface area contributed by atoms with E-state index in [4.69, 9.17) is 4.74 Å². The molecule has 5 rings (SSSR count). The molecule has 0 radical (unpaired) electrons. The maximum absolute atomic E-state index is 13.1. The first-order chi connectivity index (χ1) is 17.4. The second kappa shape index (κ2) is 10.4. The van der Waals surface area contributed by atoms with Crippen LogP contribution >= 0.6 is 0 Å². The third-order valence-electron chi connectivity index (χ3n) is 7.09. The lowest BCUT2D eigenvalue weighted by Gasteiger charge is -2.35. The molecule has 36 heavy (non-hydrogen) atoms. The number of morpholine rings is 1. The van der Waals surface area contributed by atoms with Crippen molar-refractivity contribution in [1.82, 2.24) is 20.4 Å². The number of benzene rings is 2. The Bertz CT molecular complexity index is 1140. The van der Waals surface area contributed by atoms with Crippen LogP contribution in [0.1, 0.15) is 59.8 Å². The molecule has 1 aliphatic carbocycles. The summed E-state index contributed by atoms with van der Waals surface area (Å²) in [5, 5.41) is 5.69. The number of fused-ring (bicyclic) bond motifs is 1. The minimum atomic E-state index is -0.673. The summed E-state index contributed by atoms with van der Waals surface area (Å²) in [6.45, 7) is 6.99. The van der Waals surface area contributed by atoms with Crippen LogP contribution in [0.3, 0.4) is 0 Å². The number of hydrogen-bond donors (Lipinski definition) is 2. The largest absolute Gasteiger partial charge is 0.373 e. The van der Waals surface area contributed by atoms with Crippen molar-refractivity contribution in [3.8, 4) is 0 Å². The van der Waals surface area contributed by atoms with E-state index in [0.29, 0.717) is 17.7 Å². The number of nitrogens with zero attached hydrogens (tertiary/aromatic N) is 2. The van der Waals surface area contributed by atoms with Gasteiger partial charge in [-0.05, 0) is 49.4 Å². The van der Waals surface area contributed by atoms with E-state index in [1.54, 1.807) is 11.0 Å². The fourth-order valence-corrected chi connectivity index (χ4v) is 5.39. The van der Waals surface area contributed by atoms with Gasteiger partial charge in [0.2, 0.25) is 11.8 Å². The van der Waals surface area contributed by atoms with Crippen molar-refractivity contribution >= 4 is 17.7 Å². The molecular formula is C28H34N4O4. The number of ether oxygens (including phenoxy) is 1.